The molecule has 4 rings (SSSR count). The van der Waals surface area contributed by atoms with Gasteiger partial charge in [-0.05, 0) is 0 Å². The van der Waals surface area contributed by atoms with Gasteiger partial charge in [0.1, 0.15) is 47.3 Å². The maximum Gasteiger partial charge on any atom is 0.331 e. The molecule has 0 aliphatic heterocycles. The summed E-state index contributed by atoms with van der Waals surface area (Å²) < 4.78 is 112. The van der Waals surface area contributed by atoms with E-state index < -0.39 is 64.4 Å². The van der Waals surface area contributed by atoms with Crippen molar-refractivity contribution in [1.82, 2.24) is 29.1 Å². The van der Waals surface area contributed by atoms with Crippen LogP contribution in [-0.2, 0) is 5.92 Å². The van der Waals surface area contributed by atoms with Crippen molar-refractivity contribution in [2.24, 2.45) is 0 Å². The number of hydrogen-bond donors (Lipinski definition) is 0. The van der Waals surface area contributed by atoms with Crippen LogP contribution < -0.4 is 0 Å². The quantitative estimate of drug-likeness (QED) is 0.448. The Morgan fingerprint density at radius 3 is 1.32 bits per heavy atom. The van der Waals surface area contributed by atoms with Crippen LogP contribution in [0.2, 0.25) is 0 Å². The summed E-state index contributed by atoms with van der Waals surface area (Å²) in [6, 6.07) is 1.58. The van der Waals surface area contributed by atoms with E-state index in [0.29, 0.717) is 24.8 Å². The Morgan fingerprint density at radius 1 is 0.613 bits per heavy atom. The van der Waals surface area contributed by atoms with Crippen LogP contribution in [0.15, 0.2) is 36.9 Å². The molecule has 0 aromatic carbocycles. The molecule has 4 aromatic heterocycles. The third kappa shape index (κ3) is 3.49. The summed E-state index contributed by atoms with van der Waals surface area (Å²) in [6.07, 6.45) is 1.09. The Morgan fingerprint density at radius 2 is 1.00 bits per heavy atom. The van der Waals surface area contributed by atoms with E-state index in [1.54, 1.807) is 0 Å². The molecular weight excluding hydrogens is 440 g/mol. The fraction of sp³-hybridized carbons (Fsp3) is 0.0588. The lowest BCUT2D eigenvalue weighted by atomic mass is 10.1. The van der Waals surface area contributed by atoms with Crippen LogP contribution in [0.5, 0.6) is 0 Å². The monoisotopic (exact) mass is 446 g/mol. The van der Waals surface area contributed by atoms with E-state index >= 15 is 8.78 Å². The van der Waals surface area contributed by atoms with Crippen molar-refractivity contribution in [2.45, 2.75) is 5.92 Å². The number of rotatable bonds is 4. The molecule has 6 nitrogen and oxygen atoms in total. The Bertz CT molecular complexity index is 1200. The first-order chi connectivity index (χ1) is 14.6. The number of imidazole rings is 2. The number of nitrogens with zero attached hydrogens (tertiary/aromatic N) is 6. The van der Waals surface area contributed by atoms with Crippen LogP contribution >= 0.6 is 0 Å². The number of alkyl halides is 2. The minimum Gasteiger partial charge on any atom is -0.256 e. The van der Waals surface area contributed by atoms with Gasteiger partial charge in [-0.15, -0.1) is 0 Å². The zero-order valence-electron chi connectivity index (χ0n) is 14.7. The highest BCUT2D eigenvalue weighted by Crippen LogP contribution is 2.35. The van der Waals surface area contributed by atoms with E-state index in [-0.39, 0.29) is 21.3 Å². The van der Waals surface area contributed by atoms with Gasteiger partial charge in [0, 0.05) is 24.3 Å². The predicted molar refractivity (Wildman–Crippen MR) is 85.5 cm³/mol. The zero-order valence-corrected chi connectivity index (χ0v) is 14.7. The molecule has 0 fully saturated rings. The highest BCUT2D eigenvalue weighted by molar-refractivity contribution is 5.35. The third-order valence-corrected chi connectivity index (χ3v) is 4.03. The van der Waals surface area contributed by atoms with Gasteiger partial charge in [-0.2, -0.15) is 26.3 Å². The van der Waals surface area contributed by atoms with Gasteiger partial charge in [0.15, 0.2) is 0 Å². The smallest absolute Gasteiger partial charge is 0.256 e. The Kier molecular flexibility index (Phi) is 4.71. The first-order valence-corrected chi connectivity index (χ1v) is 8.09. The lowest BCUT2D eigenvalue weighted by Gasteiger charge is -2.17. The summed E-state index contributed by atoms with van der Waals surface area (Å²) in [4.78, 5) is 12.7. The molecule has 4 heterocycles. The van der Waals surface area contributed by atoms with Crippen molar-refractivity contribution in [3.05, 3.63) is 83.7 Å². The molecule has 0 atom stereocenters. The fourth-order valence-electron chi connectivity index (χ4n) is 2.61. The van der Waals surface area contributed by atoms with Gasteiger partial charge >= 0.3 is 5.92 Å². The molecule has 0 amide bonds. The van der Waals surface area contributed by atoms with Gasteiger partial charge in [0.25, 0.3) is 23.8 Å². The standard InChI is InChI=1S/C17H6F8N6/c18-7-1-9(28-11(3-7)30-5-26-13(20)15(30)22)17(24,25)10-2-8(19)4-12(29-10)31-6-27-14(21)16(31)23/h1-6H. The van der Waals surface area contributed by atoms with E-state index in [4.69, 9.17) is 0 Å². The maximum atomic E-state index is 15.0. The first kappa shape index (κ1) is 20.4. The zero-order chi connectivity index (χ0) is 22.5. The molecule has 31 heavy (non-hydrogen) atoms. The van der Waals surface area contributed by atoms with Crippen molar-refractivity contribution < 1.29 is 35.1 Å². The van der Waals surface area contributed by atoms with Crippen LogP contribution in [0.1, 0.15) is 11.4 Å². The Labute approximate surface area is 166 Å². The molecule has 0 aliphatic carbocycles. The minimum absolute atomic E-state index is 0.262. The summed E-state index contributed by atoms with van der Waals surface area (Å²) in [5.74, 6) is -14.9. The summed E-state index contributed by atoms with van der Waals surface area (Å²) in [6.45, 7) is 0. The number of halogens is 8. The second kappa shape index (κ2) is 7.14. The van der Waals surface area contributed by atoms with Gasteiger partial charge < -0.3 is 0 Å². The molecule has 0 aliphatic rings. The van der Waals surface area contributed by atoms with Gasteiger partial charge in [0.2, 0.25) is 0 Å². The number of aromatic nitrogens is 6. The molecule has 14 heteroatoms. The van der Waals surface area contributed by atoms with Gasteiger partial charge in [-0.1, -0.05) is 0 Å². The van der Waals surface area contributed by atoms with Crippen LogP contribution in [0.4, 0.5) is 35.1 Å². The molecule has 160 valence electrons. The summed E-state index contributed by atoms with van der Waals surface area (Å²) in [7, 11) is 0. The average molecular weight is 446 g/mol. The number of pyridine rings is 2. The van der Waals surface area contributed by atoms with Crippen LogP contribution in [-0.4, -0.2) is 29.1 Å². The summed E-state index contributed by atoms with van der Waals surface area (Å²) >= 11 is 0. The first-order valence-electron chi connectivity index (χ1n) is 8.09. The Balaban J connectivity index is 1.84. The summed E-state index contributed by atoms with van der Waals surface area (Å²) in [5, 5.41) is 0. The van der Waals surface area contributed by atoms with Crippen LogP contribution in [0.25, 0.3) is 11.6 Å². The molecule has 0 saturated carbocycles. The van der Waals surface area contributed by atoms with Crippen molar-refractivity contribution in [2.75, 3.05) is 0 Å². The van der Waals surface area contributed by atoms with E-state index in [1.807, 2.05) is 0 Å². The van der Waals surface area contributed by atoms with Crippen molar-refractivity contribution in [1.29, 1.82) is 0 Å². The molecular formula is C17H6F8N6. The molecule has 0 radical (unpaired) electrons. The van der Waals surface area contributed by atoms with Gasteiger partial charge in [0.05, 0.1) is 0 Å². The highest BCUT2D eigenvalue weighted by Gasteiger charge is 2.39. The largest absolute Gasteiger partial charge is 0.331 e. The van der Waals surface area contributed by atoms with Crippen molar-refractivity contribution in [3.8, 4) is 11.6 Å². The van der Waals surface area contributed by atoms with Crippen LogP contribution in [0, 0.1) is 35.4 Å². The number of hydrogen-bond acceptors (Lipinski definition) is 4. The molecule has 0 bridgehead atoms. The van der Waals surface area contributed by atoms with Crippen molar-refractivity contribution in [3.63, 3.8) is 0 Å². The van der Waals surface area contributed by atoms with Gasteiger partial charge in [-0.25, -0.2) is 28.7 Å². The predicted octanol–water partition coefficient (Wildman–Crippen LogP) is 3.82. The molecule has 4 aromatic rings. The fourth-order valence-corrected chi connectivity index (χ4v) is 2.61. The van der Waals surface area contributed by atoms with Crippen LogP contribution in [0.3, 0.4) is 0 Å². The average Bonchev–Trinajstić information content (AvgIpc) is 3.22. The molecule has 0 spiro atoms. The van der Waals surface area contributed by atoms with Gasteiger partial charge in [-0.3, -0.25) is 9.13 Å². The lowest BCUT2D eigenvalue weighted by Crippen LogP contribution is -2.21. The SMILES string of the molecule is Fc1cc(-n2cnc(F)c2F)nc(C(F)(F)c2cc(F)cc(-n3cnc(F)c3F)n2)c1. The van der Waals surface area contributed by atoms with E-state index in [9.17, 15) is 26.3 Å². The van der Waals surface area contributed by atoms with E-state index in [0.717, 1.165) is 0 Å². The second-order valence-electron chi connectivity index (χ2n) is 6.02. The molecule has 0 N–H and O–H groups in total. The minimum atomic E-state index is -4.29. The lowest BCUT2D eigenvalue weighted by molar-refractivity contribution is 0.0324. The highest BCUT2D eigenvalue weighted by atomic mass is 19.3. The van der Waals surface area contributed by atoms with E-state index in [2.05, 4.69) is 19.9 Å². The molecule has 0 saturated heterocycles. The van der Waals surface area contributed by atoms with Crippen molar-refractivity contribution >= 4 is 0 Å². The maximum absolute atomic E-state index is 15.0. The Hall–Kier alpha value is -3.84. The molecule has 0 unspecified atom stereocenters. The topological polar surface area (TPSA) is 61.4 Å². The summed E-state index contributed by atoms with van der Waals surface area (Å²) in [5.41, 5.74) is -2.70. The normalized spacial score (nSPS) is 11.9. The second-order valence-corrected chi connectivity index (χ2v) is 6.02. The third-order valence-electron chi connectivity index (χ3n) is 4.03. The van der Waals surface area contributed by atoms with E-state index in [1.165, 1.54) is 0 Å².